The minimum Gasteiger partial charge on any atom is -0.324 e. The minimum atomic E-state index is -4.24. The van der Waals surface area contributed by atoms with E-state index in [0.717, 1.165) is 31.5 Å². The first-order chi connectivity index (χ1) is 8.96. The van der Waals surface area contributed by atoms with E-state index in [9.17, 15) is 13.2 Å². The fourth-order valence-electron chi connectivity index (χ4n) is 2.37. The number of piperidine rings is 1. The second kappa shape index (κ2) is 7.54. The van der Waals surface area contributed by atoms with Gasteiger partial charge in [-0.1, -0.05) is 12.1 Å². The Morgan fingerprint density at radius 2 is 1.70 bits per heavy atom. The number of hydrogen-bond acceptors (Lipinski definition) is 3. The fraction of sp³-hybridized carbons (Fsp3) is 0.538. The number of halogens is 4. The van der Waals surface area contributed by atoms with Crippen molar-refractivity contribution < 1.29 is 13.2 Å². The van der Waals surface area contributed by atoms with Gasteiger partial charge in [0.05, 0.1) is 0 Å². The molecule has 1 saturated heterocycles. The summed E-state index contributed by atoms with van der Waals surface area (Å²) in [5, 5.41) is 3.27. The third kappa shape index (κ3) is 5.16. The number of nitrogens with one attached hydrogen (secondary N) is 1. The van der Waals surface area contributed by atoms with Gasteiger partial charge in [0.25, 0.3) is 0 Å². The summed E-state index contributed by atoms with van der Waals surface area (Å²) in [6.45, 7) is 1.92. The van der Waals surface area contributed by atoms with Crippen molar-refractivity contribution in [3.63, 3.8) is 0 Å². The second-order valence-corrected chi connectivity index (χ2v) is 5.87. The van der Waals surface area contributed by atoms with Gasteiger partial charge in [-0.05, 0) is 61.3 Å². The van der Waals surface area contributed by atoms with Crippen LogP contribution < -0.4 is 11.1 Å². The minimum absolute atomic E-state index is 0. The summed E-state index contributed by atoms with van der Waals surface area (Å²) >= 11 is -0.0941. The van der Waals surface area contributed by atoms with Crippen molar-refractivity contribution in [2.24, 2.45) is 11.7 Å². The zero-order valence-corrected chi connectivity index (χ0v) is 12.5. The standard InChI is InChI=1S/C13H17F3N2S.ClH/c14-13(15,16)19-11-3-1-9(2-4-11)12(17)10-5-7-18-8-6-10;/h1-4,10,12,18H,5-8,17H2;1H/t12-;/m0./s1. The SMILES string of the molecule is Cl.N[C@@H](c1ccc(SC(F)(F)F)cc1)C1CCNCC1. The molecule has 3 N–H and O–H groups in total. The average Bonchev–Trinajstić information content (AvgIpc) is 2.38. The molecule has 0 spiro atoms. The summed E-state index contributed by atoms with van der Waals surface area (Å²) in [6, 6.07) is 6.32. The molecule has 0 aromatic heterocycles. The largest absolute Gasteiger partial charge is 0.446 e. The van der Waals surface area contributed by atoms with Crippen molar-refractivity contribution in [3.8, 4) is 0 Å². The highest BCUT2D eigenvalue weighted by Gasteiger charge is 2.29. The van der Waals surface area contributed by atoms with Crippen LogP contribution in [0.1, 0.15) is 24.4 Å². The maximum atomic E-state index is 12.2. The number of alkyl halides is 3. The topological polar surface area (TPSA) is 38.0 Å². The van der Waals surface area contributed by atoms with Crippen molar-refractivity contribution in [2.75, 3.05) is 13.1 Å². The van der Waals surface area contributed by atoms with Crippen LogP contribution in [0.2, 0.25) is 0 Å². The molecule has 0 bridgehead atoms. The van der Waals surface area contributed by atoms with Gasteiger partial charge in [-0.3, -0.25) is 0 Å². The lowest BCUT2D eigenvalue weighted by Crippen LogP contribution is -2.33. The molecular weight excluding hydrogens is 309 g/mol. The zero-order chi connectivity index (χ0) is 13.9. The van der Waals surface area contributed by atoms with Gasteiger partial charge >= 0.3 is 5.51 Å². The first-order valence-corrected chi connectivity index (χ1v) is 7.09. The third-order valence-electron chi connectivity index (χ3n) is 3.39. The monoisotopic (exact) mass is 326 g/mol. The fourth-order valence-corrected chi connectivity index (χ4v) is 2.91. The van der Waals surface area contributed by atoms with Gasteiger partial charge in [-0.2, -0.15) is 13.2 Å². The Morgan fingerprint density at radius 1 is 1.15 bits per heavy atom. The van der Waals surface area contributed by atoms with E-state index >= 15 is 0 Å². The normalized spacial score (nSPS) is 18.4. The predicted octanol–water partition coefficient (Wildman–Crippen LogP) is 3.72. The number of nitrogens with two attached hydrogens (primary N) is 1. The van der Waals surface area contributed by atoms with Crippen LogP contribution in [0.4, 0.5) is 13.2 Å². The van der Waals surface area contributed by atoms with E-state index in [-0.39, 0.29) is 35.1 Å². The molecule has 2 rings (SSSR count). The molecule has 1 aromatic rings. The molecule has 0 unspecified atom stereocenters. The zero-order valence-electron chi connectivity index (χ0n) is 10.8. The maximum Gasteiger partial charge on any atom is 0.446 e. The van der Waals surface area contributed by atoms with E-state index < -0.39 is 5.51 Å². The summed E-state index contributed by atoms with van der Waals surface area (Å²) in [7, 11) is 0. The van der Waals surface area contributed by atoms with Gasteiger partial charge in [0, 0.05) is 10.9 Å². The molecule has 0 aliphatic carbocycles. The summed E-state index contributed by atoms with van der Waals surface area (Å²) in [4.78, 5) is 0.203. The van der Waals surface area contributed by atoms with Crippen LogP contribution in [0.15, 0.2) is 29.2 Å². The maximum absolute atomic E-state index is 12.2. The highest BCUT2D eigenvalue weighted by atomic mass is 35.5. The lowest BCUT2D eigenvalue weighted by atomic mass is 9.87. The number of rotatable bonds is 3. The summed E-state index contributed by atoms with van der Waals surface area (Å²) in [5.74, 6) is 0.405. The van der Waals surface area contributed by atoms with Crippen LogP contribution in [0.25, 0.3) is 0 Å². The number of hydrogen-bond donors (Lipinski definition) is 2. The Balaban J connectivity index is 0.00000200. The second-order valence-electron chi connectivity index (χ2n) is 4.73. The molecule has 1 aliphatic rings. The van der Waals surface area contributed by atoms with Gasteiger partial charge < -0.3 is 11.1 Å². The molecular formula is C13H18ClF3N2S. The van der Waals surface area contributed by atoms with Crippen molar-refractivity contribution >= 4 is 24.2 Å². The highest BCUT2D eigenvalue weighted by molar-refractivity contribution is 8.00. The number of thioether (sulfide) groups is 1. The molecule has 1 aliphatic heterocycles. The highest BCUT2D eigenvalue weighted by Crippen LogP contribution is 2.37. The van der Waals surface area contributed by atoms with Gasteiger partial charge in [-0.15, -0.1) is 12.4 Å². The van der Waals surface area contributed by atoms with Crippen LogP contribution in [-0.4, -0.2) is 18.6 Å². The molecule has 2 nitrogen and oxygen atoms in total. The van der Waals surface area contributed by atoms with Crippen LogP contribution in [0, 0.1) is 5.92 Å². The average molecular weight is 327 g/mol. The van der Waals surface area contributed by atoms with Gasteiger partial charge in [0.15, 0.2) is 0 Å². The molecule has 0 radical (unpaired) electrons. The molecule has 0 amide bonds. The Labute approximate surface area is 127 Å². The molecule has 0 saturated carbocycles. The summed E-state index contributed by atoms with van der Waals surface area (Å²) in [6.07, 6.45) is 2.03. The third-order valence-corrected chi connectivity index (χ3v) is 4.13. The van der Waals surface area contributed by atoms with Crippen LogP contribution >= 0.6 is 24.2 Å². The van der Waals surface area contributed by atoms with Gasteiger partial charge in [0.1, 0.15) is 0 Å². The molecule has 1 fully saturated rings. The lowest BCUT2D eigenvalue weighted by molar-refractivity contribution is -0.0328. The smallest absolute Gasteiger partial charge is 0.324 e. The van der Waals surface area contributed by atoms with E-state index in [1.807, 2.05) is 0 Å². The summed E-state index contributed by atoms with van der Waals surface area (Å²) in [5.41, 5.74) is 2.87. The van der Waals surface area contributed by atoms with Crippen LogP contribution in [0.5, 0.6) is 0 Å². The number of benzene rings is 1. The van der Waals surface area contributed by atoms with E-state index in [1.54, 1.807) is 12.1 Å². The molecule has 1 aromatic carbocycles. The Hall–Kier alpha value is -0.430. The van der Waals surface area contributed by atoms with Crippen molar-refractivity contribution in [1.29, 1.82) is 0 Å². The predicted molar refractivity (Wildman–Crippen MR) is 78.1 cm³/mol. The van der Waals surface area contributed by atoms with E-state index in [2.05, 4.69) is 5.32 Å². The van der Waals surface area contributed by atoms with Crippen molar-refractivity contribution in [2.45, 2.75) is 29.3 Å². The molecule has 7 heteroatoms. The Bertz CT molecular complexity index is 405. The van der Waals surface area contributed by atoms with E-state index in [1.165, 1.54) is 12.1 Å². The van der Waals surface area contributed by atoms with E-state index in [4.69, 9.17) is 5.73 Å². The molecule has 20 heavy (non-hydrogen) atoms. The van der Waals surface area contributed by atoms with Crippen molar-refractivity contribution in [3.05, 3.63) is 29.8 Å². The van der Waals surface area contributed by atoms with Crippen LogP contribution in [0.3, 0.4) is 0 Å². The van der Waals surface area contributed by atoms with Crippen molar-refractivity contribution in [1.82, 2.24) is 5.32 Å². The van der Waals surface area contributed by atoms with Gasteiger partial charge in [-0.25, -0.2) is 0 Å². The van der Waals surface area contributed by atoms with Crippen LogP contribution in [-0.2, 0) is 0 Å². The first kappa shape index (κ1) is 17.6. The Morgan fingerprint density at radius 3 is 2.20 bits per heavy atom. The quantitative estimate of drug-likeness (QED) is 0.831. The van der Waals surface area contributed by atoms with Gasteiger partial charge in [0.2, 0.25) is 0 Å². The summed E-state index contributed by atoms with van der Waals surface area (Å²) < 4.78 is 36.7. The first-order valence-electron chi connectivity index (χ1n) is 6.28. The lowest BCUT2D eigenvalue weighted by Gasteiger charge is -2.28. The molecule has 1 atom stereocenters. The molecule has 114 valence electrons. The Kier molecular flexibility index (Phi) is 6.64. The molecule has 1 heterocycles. The van der Waals surface area contributed by atoms with E-state index in [0.29, 0.717) is 5.92 Å².